The highest BCUT2D eigenvalue weighted by Gasteiger charge is 2.18. The Labute approximate surface area is 97.4 Å². The predicted molar refractivity (Wildman–Crippen MR) is 66.8 cm³/mol. The molecular weight excluding hydrogens is 210 g/mol. The summed E-state index contributed by atoms with van der Waals surface area (Å²) in [6.45, 7) is 9.95. The third kappa shape index (κ3) is 4.97. The number of carbonyl (C=O) groups excluding carboxylic acids is 1. The van der Waals surface area contributed by atoms with E-state index in [1.54, 1.807) is 4.90 Å². The van der Waals surface area contributed by atoms with E-state index < -0.39 is 0 Å². The molecule has 0 aromatic heterocycles. The second kappa shape index (κ2) is 7.45. The number of thiocarbonyl (C=S) groups is 1. The fourth-order valence-electron chi connectivity index (χ4n) is 1.28. The fourth-order valence-corrected chi connectivity index (χ4v) is 1.60. The molecule has 2 N–H and O–H groups in total. The minimum atomic E-state index is -0.267. The van der Waals surface area contributed by atoms with Crippen molar-refractivity contribution in [3.05, 3.63) is 0 Å². The molecule has 0 saturated carbocycles. The number of nitrogens with zero attached hydrogens (tertiary/aromatic N) is 1. The highest BCUT2D eigenvalue weighted by Crippen LogP contribution is 1.94. The molecule has 0 rings (SSSR count). The second-order valence-corrected chi connectivity index (χ2v) is 3.64. The van der Waals surface area contributed by atoms with Gasteiger partial charge >= 0.3 is 0 Å². The maximum absolute atomic E-state index is 11.8. The number of rotatable bonds is 5. The molecule has 0 fully saturated rings. The molecule has 1 unspecified atom stereocenters. The summed E-state index contributed by atoms with van der Waals surface area (Å²) >= 11 is 5.01. The van der Waals surface area contributed by atoms with Crippen LogP contribution in [0.1, 0.15) is 27.7 Å². The number of hydrogen-bond donors (Lipinski definition) is 2. The summed E-state index contributed by atoms with van der Waals surface area (Å²) in [6.07, 6.45) is 0. The van der Waals surface area contributed by atoms with Crippen LogP contribution >= 0.6 is 12.2 Å². The quantitative estimate of drug-likeness (QED) is 0.685. The van der Waals surface area contributed by atoms with Crippen molar-refractivity contribution in [1.29, 1.82) is 0 Å². The van der Waals surface area contributed by atoms with E-state index >= 15 is 0 Å². The van der Waals surface area contributed by atoms with Crippen LogP contribution < -0.4 is 10.6 Å². The van der Waals surface area contributed by atoms with Gasteiger partial charge in [-0.15, -0.1) is 0 Å². The van der Waals surface area contributed by atoms with Crippen LogP contribution in [-0.4, -0.2) is 41.6 Å². The molecule has 4 nitrogen and oxygen atoms in total. The molecule has 0 saturated heterocycles. The Morgan fingerprint density at radius 1 is 1.33 bits per heavy atom. The highest BCUT2D eigenvalue weighted by atomic mass is 32.1. The molecular formula is C10H21N3OS. The first kappa shape index (κ1) is 14.2. The SMILES string of the molecule is CCNC(=S)NC(C)C(=O)N(CC)CC. The lowest BCUT2D eigenvalue weighted by Gasteiger charge is -2.24. The van der Waals surface area contributed by atoms with Crippen LogP contribution in [0.15, 0.2) is 0 Å². The van der Waals surface area contributed by atoms with Gasteiger partial charge < -0.3 is 15.5 Å². The van der Waals surface area contributed by atoms with E-state index in [9.17, 15) is 4.79 Å². The van der Waals surface area contributed by atoms with Crippen LogP contribution in [0.2, 0.25) is 0 Å². The summed E-state index contributed by atoms with van der Waals surface area (Å²) in [5.74, 6) is 0.0836. The first-order valence-electron chi connectivity index (χ1n) is 5.39. The van der Waals surface area contributed by atoms with Gasteiger partial charge in [0.1, 0.15) is 6.04 Å². The third-order valence-corrected chi connectivity index (χ3v) is 2.39. The molecule has 0 spiro atoms. The molecule has 0 bridgehead atoms. The van der Waals surface area contributed by atoms with E-state index in [1.807, 2.05) is 27.7 Å². The van der Waals surface area contributed by atoms with Gasteiger partial charge in [0.05, 0.1) is 0 Å². The second-order valence-electron chi connectivity index (χ2n) is 3.24. The lowest BCUT2D eigenvalue weighted by molar-refractivity contribution is -0.132. The Hall–Kier alpha value is -0.840. The summed E-state index contributed by atoms with van der Waals surface area (Å²) in [5.41, 5.74) is 0. The molecule has 0 aliphatic heterocycles. The van der Waals surface area contributed by atoms with Gasteiger partial charge in [-0.3, -0.25) is 4.79 Å². The van der Waals surface area contributed by atoms with Crippen molar-refractivity contribution in [3.63, 3.8) is 0 Å². The van der Waals surface area contributed by atoms with Gasteiger partial charge in [0.25, 0.3) is 0 Å². The molecule has 0 aromatic carbocycles. The van der Waals surface area contributed by atoms with E-state index in [0.717, 1.165) is 19.6 Å². The first-order chi connectivity index (χ1) is 7.06. The van der Waals surface area contributed by atoms with E-state index in [0.29, 0.717) is 5.11 Å². The Balaban J connectivity index is 4.13. The van der Waals surface area contributed by atoms with Crippen molar-refractivity contribution in [2.24, 2.45) is 0 Å². The van der Waals surface area contributed by atoms with Gasteiger partial charge in [0, 0.05) is 19.6 Å². The van der Waals surface area contributed by atoms with E-state index in [-0.39, 0.29) is 11.9 Å². The molecule has 0 heterocycles. The summed E-state index contributed by atoms with van der Waals surface area (Å²) in [5, 5.41) is 6.45. The summed E-state index contributed by atoms with van der Waals surface area (Å²) in [7, 11) is 0. The molecule has 15 heavy (non-hydrogen) atoms. The number of nitrogens with one attached hydrogen (secondary N) is 2. The topological polar surface area (TPSA) is 44.4 Å². The number of hydrogen-bond acceptors (Lipinski definition) is 2. The zero-order valence-electron chi connectivity index (χ0n) is 9.96. The van der Waals surface area contributed by atoms with Crippen LogP contribution in [0.5, 0.6) is 0 Å². The van der Waals surface area contributed by atoms with Crippen LogP contribution in [0.25, 0.3) is 0 Å². The molecule has 0 aliphatic carbocycles. The van der Waals surface area contributed by atoms with Crippen molar-refractivity contribution in [2.75, 3.05) is 19.6 Å². The van der Waals surface area contributed by atoms with Crippen LogP contribution in [-0.2, 0) is 4.79 Å². The summed E-state index contributed by atoms with van der Waals surface area (Å²) in [6, 6.07) is -0.267. The number of amides is 1. The first-order valence-corrected chi connectivity index (χ1v) is 5.80. The largest absolute Gasteiger partial charge is 0.363 e. The summed E-state index contributed by atoms with van der Waals surface area (Å²) < 4.78 is 0. The number of likely N-dealkylation sites (N-methyl/N-ethyl adjacent to an activating group) is 1. The maximum Gasteiger partial charge on any atom is 0.244 e. The molecule has 1 atom stereocenters. The van der Waals surface area contributed by atoms with Crippen molar-refractivity contribution in [3.8, 4) is 0 Å². The maximum atomic E-state index is 11.8. The monoisotopic (exact) mass is 231 g/mol. The average Bonchev–Trinajstić information content (AvgIpc) is 2.19. The van der Waals surface area contributed by atoms with Crippen molar-refractivity contribution < 1.29 is 4.79 Å². The van der Waals surface area contributed by atoms with E-state index in [1.165, 1.54) is 0 Å². The highest BCUT2D eigenvalue weighted by molar-refractivity contribution is 7.80. The normalized spacial score (nSPS) is 11.7. The van der Waals surface area contributed by atoms with Gasteiger partial charge in [-0.25, -0.2) is 0 Å². The van der Waals surface area contributed by atoms with Gasteiger partial charge in [0.2, 0.25) is 5.91 Å². The minimum Gasteiger partial charge on any atom is -0.363 e. The molecule has 0 aromatic rings. The smallest absolute Gasteiger partial charge is 0.244 e. The molecule has 1 amide bonds. The van der Waals surface area contributed by atoms with Gasteiger partial charge in [0.15, 0.2) is 5.11 Å². The van der Waals surface area contributed by atoms with Crippen LogP contribution in [0, 0.1) is 0 Å². The van der Waals surface area contributed by atoms with Crippen molar-refractivity contribution >= 4 is 23.2 Å². The van der Waals surface area contributed by atoms with Crippen molar-refractivity contribution in [1.82, 2.24) is 15.5 Å². The third-order valence-electron chi connectivity index (χ3n) is 2.13. The summed E-state index contributed by atoms with van der Waals surface area (Å²) in [4.78, 5) is 13.6. The Bertz CT molecular complexity index is 217. The zero-order chi connectivity index (χ0) is 11.8. The Morgan fingerprint density at radius 3 is 2.27 bits per heavy atom. The van der Waals surface area contributed by atoms with E-state index in [2.05, 4.69) is 10.6 Å². The van der Waals surface area contributed by atoms with Gasteiger partial charge in [-0.05, 0) is 39.9 Å². The van der Waals surface area contributed by atoms with Gasteiger partial charge in [-0.2, -0.15) is 0 Å². The molecule has 0 aliphatic rings. The lowest BCUT2D eigenvalue weighted by Crippen LogP contribution is -2.49. The standard InChI is InChI=1S/C10H21N3OS/c1-5-11-10(15)12-8(4)9(14)13(6-2)7-3/h8H,5-7H2,1-4H3,(H2,11,12,15). The Kier molecular flexibility index (Phi) is 7.03. The average molecular weight is 231 g/mol. The minimum absolute atomic E-state index is 0.0836. The van der Waals surface area contributed by atoms with Crippen LogP contribution in [0.3, 0.4) is 0 Å². The zero-order valence-corrected chi connectivity index (χ0v) is 10.8. The van der Waals surface area contributed by atoms with Crippen molar-refractivity contribution in [2.45, 2.75) is 33.7 Å². The van der Waals surface area contributed by atoms with Crippen LogP contribution in [0.4, 0.5) is 0 Å². The predicted octanol–water partition coefficient (Wildman–Crippen LogP) is 0.727. The lowest BCUT2D eigenvalue weighted by atomic mass is 10.3. The molecule has 88 valence electrons. The fraction of sp³-hybridized carbons (Fsp3) is 0.800. The molecule has 5 heteroatoms. The van der Waals surface area contributed by atoms with Gasteiger partial charge in [-0.1, -0.05) is 0 Å². The number of carbonyl (C=O) groups is 1. The van der Waals surface area contributed by atoms with E-state index in [4.69, 9.17) is 12.2 Å². The molecule has 0 radical (unpaired) electrons. The Morgan fingerprint density at radius 2 is 1.87 bits per heavy atom.